The molecule has 1 heterocycles. The number of hydrogen-bond donors (Lipinski definition) is 1. The highest BCUT2D eigenvalue weighted by Gasteiger charge is 2.30. The number of rotatable bonds is 13. The Hall–Kier alpha value is -3.41. The standard InChI is InChI=1S/C28H33NO5/c1-2-3-4-5-6-7-8-9-12-19-33-27(31)21-15-17-22(18-16-21)29-20-24-26(30)23-13-10-11-14-25(23)34-28(24)32/h10-11,13-18,20,29H,2-9,12,19H2,1H3. The second-order valence-electron chi connectivity index (χ2n) is 8.46. The van der Waals surface area contributed by atoms with Gasteiger partial charge in [0.05, 0.1) is 17.7 Å². The molecular formula is C28H33NO5. The molecule has 2 aromatic carbocycles. The molecule has 0 aliphatic carbocycles. The zero-order valence-electron chi connectivity index (χ0n) is 19.8. The van der Waals surface area contributed by atoms with Crippen molar-refractivity contribution < 1.29 is 23.9 Å². The molecule has 1 aliphatic heterocycles. The largest absolute Gasteiger partial charge is 0.462 e. The SMILES string of the molecule is CCCCCCCCCCCOC(=O)c1ccc(NC=C2C(=O)Oc3ccccc3C2=O)cc1. The van der Waals surface area contributed by atoms with Crippen LogP contribution >= 0.6 is 0 Å². The summed E-state index contributed by atoms with van der Waals surface area (Å²) in [6.07, 6.45) is 12.3. The van der Waals surface area contributed by atoms with Crippen LogP contribution in [0.1, 0.15) is 85.4 Å². The van der Waals surface area contributed by atoms with Crippen molar-refractivity contribution in [2.75, 3.05) is 11.9 Å². The Kier molecular flexibility index (Phi) is 9.89. The number of Topliss-reactive ketones (excluding diaryl/α,β-unsaturated/α-hetero) is 1. The van der Waals surface area contributed by atoms with Crippen LogP contribution in [0.5, 0.6) is 5.75 Å². The number of ether oxygens (including phenoxy) is 2. The van der Waals surface area contributed by atoms with Crippen molar-refractivity contribution in [3.8, 4) is 5.75 Å². The first-order valence-corrected chi connectivity index (χ1v) is 12.2. The maximum atomic E-state index is 12.6. The summed E-state index contributed by atoms with van der Waals surface area (Å²) < 4.78 is 10.6. The number of fused-ring (bicyclic) bond motifs is 1. The lowest BCUT2D eigenvalue weighted by atomic mass is 10.0. The number of unbranched alkanes of at least 4 members (excludes halogenated alkanes) is 8. The molecule has 180 valence electrons. The first kappa shape index (κ1) is 25.2. The van der Waals surface area contributed by atoms with Crippen LogP contribution < -0.4 is 10.1 Å². The van der Waals surface area contributed by atoms with Crippen molar-refractivity contribution in [2.45, 2.75) is 64.7 Å². The van der Waals surface area contributed by atoms with Gasteiger partial charge in [-0.25, -0.2) is 9.59 Å². The van der Waals surface area contributed by atoms with Crippen molar-refractivity contribution in [1.82, 2.24) is 0 Å². The zero-order valence-corrected chi connectivity index (χ0v) is 19.8. The van der Waals surface area contributed by atoms with Gasteiger partial charge in [0.15, 0.2) is 0 Å². The van der Waals surface area contributed by atoms with Gasteiger partial charge in [-0.15, -0.1) is 0 Å². The van der Waals surface area contributed by atoms with Crippen LogP contribution in [0.25, 0.3) is 0 Å². The molecular weight excluding hydrogens is 430 g/mol. The summed E-state index contributed by atoms with van der Waals surface area (Å²) in [6.45, 7) is 2.65. The van der Waals surface area contributed by atoms with Crippen molar-refractivity contribution in [2.24, 2.45) is 0 Å². The van der Waals surface area contributed by atoms with Gasteiger partial charge in [-0.3, -0.25) is 4.79 Å². The van der Waals surface area contributed by atoms with E-state index in [4.69, 9.17) is 9.47 Å². The third-order valence-corrected chi connectivity index (χ3v) is 5.78. The third-order valence-electron chi connectivity index (χ3n) is 5.78. The van der Waals surface area contributed by atoms with E-state index in [-0.39, 0.29) is 17.3 Å². The monoisotopic (exact) mass is 463 g/mol. The molecule has 3 rings (SSSR count). The summed E-state index contributed by atoms with van der Waals surface area (Å²) in [4.78, 5) is 37.0. The Bertz CT molecular complexity index is 1010. The average molecular weight is 464 g/mol. The molecule has 0 fully saturated rings. The van der Waals surface area contributed by atoms with E-state index < -0.39 is 11.8 Å². The number of carbonyl (C=O) groups is 3. The lowest BCUT2D eigenvalue weighted by Gasteiger charge is -2.16. The second-order valence-corrected chi connectivity index (χ2v) is 8.46. The molecule has 1 aliphatic rings. The van der Waals surface area contributed by atoms with Gasteiger partial charge in [0, 0.05) is 11.9 Å². The number of benzene rings is 2. The fourth-order valence-electron chi connectivity index (χ4n) is 3.78. The molecule has 0 bridgehead atoms. The second kappa shape index (κ2) is 13.3. The quantitative estimate of drug-likeness (QED) is 0.120. The molecule has 0 atom stereocenters. The van der Waals surface area contributed by atoms with E-state index >= 15 is 0 Å². The molecule has 6 nitrogen and oxygen atoms in total. The number of hydrogen-bond acceptors (Lipinski definition) is 6. The average Bonchev–Trinajstić information content (AvgIpc) is 2.85. The molecule has 0 radical (unpaired) electrons. The van der Waals surface area contributed by atoms with Crippen molar-refractivity contribution in [3.63, 3.8) is 0 Å². The molecule has 34 heavy (non-hydrogen) atoms. The summed E-state index contributed by atoms with van der Waals surface area (Å²) in [5, 5.41) is 2.92. The van der Waals surface area contributed by atoms with Gasteiger partial charge in [-0.05, 0) is 42.8 Å². The minimum absolute atomic E-state index is 0.0804. The topological polar surface area (TPSA) is 81.7 Å². The Morgan fingerprint density at radius 2 is 1.53 bits per heavy atom. The zero-order chi connectivity index (χ0) is 24.2. The van der Waals surface area contributed by atoms with Crippen LogP contribution in [-0.2, 0) is 9.53 Å². The number of anilines is 1. The molecule has 0 aromatic heterocycles. The molecule has 0 spiro atoms. The minimum atomic E-state index is -0.701. The van der Waals surface area contributed by atoms with Crippen LogP contribution in [0, 0.1) is 0 Å². The van der Waals surface area contributed by atoms with Gasteiger partial charge < -0.3 is 14.8 Å². The fraction of sp³-hybridized carbons (Fsp3) is 0.393. The molecule has 6 heteroatoms. The first-order chi connectivity index (χ1) is 16.6. The Morgan fingerprint density at radius 3 is 2.24 bits per heavy atom. The Balaban J connectivity index is 1.40. The van der Waals surface area contributed by atoms with Gasteiger partial charge in [0.1, 0.15) is 11.3 Å². The molecule has 0 saturated carbocycles. The number of carbonyl (C=O) groups excluding carboxylic acids is 3. The molecule has 0 amide bonds. The third kappa shape index (κ3) is 7.30. The summed E-state index contributed by atoms with van der Waals surface area (Å²) >= 11 is 0. The summed E-state index contributed by atoms with van der Waals surface area (Å²) in [6, 6.07) is 13.3. The normalized spacial score (nSPS) is 14.0. The predicted octanol–water partition coefficient (Wildman–Crippen LogP) is 6.47. The minimum Gasteiger partial charge on any atom is -0.462 e. The van der Waals surface area contributed by atoms with Crippen LogP contribution in [0.4, 0.5) is 5.69 Å². The Labute approximate surface area is 201 Å². The first-order valence-electron chi connectivity index (χ1n) is 12.2. The van der Waals surface area contributed by atoms with Crippen LogP contribution in [-0.4, -0.2) is 24.3 Å². The van der Waals surface area contributed by atoms with Crippen LogP contribution in [0.3, 0.4) is 0 Å². The lowest BCUT2D eigenvalue weighted by Crippen LogP contribution is -2.25. The molecule has 0 unspecified atom stereocenters. The highest BCUT2D eigenvalue weighted by Crippen LogP contribution is 2.27. The fourth-order valence-corrected chi connectivity index (χ4v) is 3.78. The molecule has 0 saturated heterocycles. The van der Waals surface area contributed by atoms with Gasteiger partial charge >= 0.3 is 11.9 Å². The van der Waals surface area contributed by atoms with Crippen molar-refractivity contribution in [1.29, 1.82) is 0 Å². The number of para-hydroxylation sites is 1. The summed E-state index contributed by atoms with van der Waals surface area (Å²) in [7, 11) is 0. The van der Waals surface area contributed by atoms with Gasteiger partial charge in [0.25, 0.3) is 0 Å². The number of nitrogens with one attached hydrogen (secondary N) is 1. The van der Waals surface area contributed by atoms with E-state index in [1.54, 1.807) is 48.5 Å². The van der Waals surface area contributed by atoms with Gasteiger partial charge in [-0.2, -0.15) is 0 Å². The smallest absolute Gasteiger partial charge is 0.349 e. The van der Waals surface area contributed by atoms with Crippen LogP contribution in [0.15, 0.2) is 60.3 Å². The maximum Gasteiger partial charge on any atom is 0.349 e. The molecule has 2 aromatic rings. The van der Waals surface area contributed by atoms with Crippen LogP contribution in [0.2, 0.25) is 0 Å². The number of ketones is 1. The van der Waals surface area contributed by atoms with E-state index in [2.05, 4.69) is 12.2 Å². The van der Waals surface area contributed by atoms with E-state index in [0.717, 1.165) is 12.8 Å². The van der Waals surface area contributed by atoms with Gasteiger partial charge in [-0.1, -0.05) is 70.4 Å². The van der Waals surface area contributed by atoms with E-state index in [1.165, 1.54) is 51.1 Å². The Morgan fingerprint density at radius 1 is 0.882 bits per heavy atom. The summed E-state index contributed by atoms with van der Waals surface area (Å²) in [5.74, 6) is -1.18. The van der Waals surface area contributed by atoms with E-state index in [1.807, 2.05) is 0 Å². The van der Waals surface area contributed by atoms with E-state index in [0.29, 0.717) is 23.4 Å². The lowest BCUT2D eigenvalue weighted by molar-refractivity contribution is -0.130. The summed E-state index contributed by atoms with van der Waals surface area (Å²) in [5.41, 5.74) is 1.35. The van der Waals surface area contributed by atoms with Crippen molar-refractivity contribution >= 4 is 23.4 Å². The maximum absolute atomic E-state index is 12.6. The molecule has 1 N–H and O–H groups in total. The van der Waals surface area contributed by atoms with Gasteiger partial charge in [0.2, 0.25) is 5.78 Å². The number of esters is 2. The predicted molar refractivity (Wildman–Crippen MR) is 132 cm³/mol. The highest BCUT2D eigenvalue weighted by molar-refractivity contribution is 6.27. The highest BCUT2D eigenvalue weighted by atomic mass is 16.5. The van der Waals surface area contributed by atoms with E-state index in [9.17, 15) is 14.4 Å². The van der Waals surface area contributed by atoms with Crippen molar-refractivity contribution in [3.05, 3.63) is 71.4 Å².